The molecule has 6 heterocycles. The number of allylic oxidation sites excluding steroid dienone is 2. The Morgan fingerprint density at radius 1 is 0.469 bits per heavy atom. The lowest BCUT2D eigenvalue weighted by molar-refractivity contribution is -0.254. The molecular formula is C37H30F6S6. The van der Waals surface area contributed by atoms with E-state index < -0.39 is 28.9 Å². The van der Waals surface area contributed by atoms with Crippen molar-refractivity contribution in [3.8, 4) is 39.0 Å². The third-order valence-corrected chi connectivity index (χ3v) is 16.1. The van der Waals surface area contributed by atoms with Crippen molar-refractivity contribution in [1.82, 2.24) is 0 Å². The minimum absolute atomic E-state index is 0.269. The molecule has 0 fully saturated rings. The van der Waals surface area contributed by atoms with Crippen molar-refractivity contribution in [1.29, 1.82) is 0 Å². The van der Waals surface area contributed by atoms with Crippen molar-refractivity contribution < 1.29 is 26.3 Å². The first-order chi connectivity index (χ1) is 22.8. The van der Waals surface area contributed by atoms with Crippen molar-refractivity contribution >= 4 is 79.2 Å². The predicted octanol–water partition coefficient (Wildman–Crippen LogP) is 15.1. The smallest absolute Gasteiger partial charge is 0.194 e. The van der Waals surface area contributed by atoms with Gasteiger partial charge in [-0.3, -0.25) is 0 Å². The minimum Gasteiger partial charge on any atom is -0.194 e. The number of hydrogen-bond acceptors (Lipinski definition) is 6. The van der Waals surface area contributed by atoms with Gasteiger partial charge < -0.3 is 0 Å². The molecule has 7 rings (SSSR count). The van der Waals surface area contributed by atoms with E-state index in [-0.39, 0.29) is 31.7 Å². The Morgan fingerprint density at radius 2 is 0.857 bits per heavy atom. The molecule has 0 nitrogen and oxygen atoms in total. The van der Waals surface area contributed by atoms with E-state index in [0.717, 1.165) is 42.2 Å². The van der Waals surface area contributed by atoms with Crippen LogP contribution in [-0.4, -0.2) is 17.8 Å². The summed E-state index contributed by atoms with van der Waals surface area (Å²) in [6.07, 6.45) is 0. The standard InChI is InChI=1S/C37H30F6S6/c1-33(2,3)27-13-11-23(46-27)31-19(17-25(48-31)21-9-7-15-44-21)29-30(36(40,41)37(42,43)35(29,38)39)20-18-26(22-10-8-16-45-22)49-32(20)24-12-14-28(47-24)34(4,5)6/h7-18H,1-6H3. The van der Waals surface area contributed by atoms with Crippen LogP contribution >= 0.6 is 68.0 Å². The highest BCUT2D eigenvalue weighted by molar-refractivity contribution is 7.27. The zero-order valence-corrected chi connectivity index (χ0v) is 32.0. The van der Waals surface area contributed by atoms with Crippen molar-refractivity contribution in [2.75, 3.05) is 0 Å². The fourth-order valence-electron chi connectivity index (χ4n) is 5.76. The van der Waals surface area contributed by atoms with Gasteiger partial charge in [0.05, 0.1) is 9.75 Å². The fourth-order valence-corrected chi connectivity index (χ4v) is 12.1. The first-order valence-electron chi connectivity index (χ1n) is 15.3. The normalized spacial score (nSPS) is 17.4. The van der Waals surface area contributed by atoms with Gasteiger partial charge in [0.2, 0.25) is 0 Å². The molecule has 0 saturated heterocycles. The Labute approximate surface area is 305 Å². The number of halogens is 6. The largest absolute Gasteiger partial charge is 0.380 e. The molecule has 0 unspecified atom stereocenters. The molecule has 0 aliphatic heterocycles. The van der Waals surface area contributed by atoms with Crippen LogP contribution in [0.4, 0.5) is 26.3 Å². The zero-order valence-electron chi connectivity index (χ0n) is 27.1. The van der Waals surface area contributed by atoms with Gasteiger partial charge in [-0.2, -0.15) is 26.3 Å². The molecule has 0 bridgehead atoms. The lowest BCUT2D eigenvalue weighted by atomic mass is 9.93. The number of thiophene rings is 6. The summed E-state index contributed by atoms with van der Waals surface area (Å²) in [5.74, 6) is -16.0. The van der Waals surface area contributed by atoms with Gasteiger partial charge in [-0.1, -0.05) is 53.7 Å². The van der Waals surface area contributed by atoms with Gasteiger partial charge in [-0.05, 0) is 70.1 Å². The van der Waals surface area contributed by atoms with Gasteiger partial charge in [0, 0.05) is 61.3 Å². The molecule has 6 aromatic heterocycles. The van der Waals surface area contributed by atoms with E-state index in [4.69, 9.17) is 0 Å². The number of alkyl halides is 6. The Hall–Kier alpha value is -2.48. The van der Waals surface area contributed by atoms with Crippen LogP contribution in [0.2, 0.25) is 0 Å². The highest BCUT2D eigenvalue weighted by atomic mass is 32.1. The van der Waals surface area contributed by atoms with Crippen molar-refractivity contribution in [2.24, 2.45) is 0 Å². The van der Waals surface area contributed by atoms with Crippen molar-refractivity contribution in [2.45, 2.75) is 70.1 Å². The molecule has 6 aromatic rings. The first-order valence-corrected chi connectivity index (χ1v) is 20.3. The van der Waals surface area contributed by atoms with Crippen LogP contribution < -0.4 is 0 Å². The van der Waals surface area contributed by atoms with E-state index in [0.29, 0.717) is 19.5 Å². The molecule has 0 N–H and O–H groups in total. The molecule has 256 valence electrons. The van der Waals surface area contributed by atoms with Gasteiger partial charge in [-0.15, -0.1) is 68.0 Å². The van der Waals surface area contributed by atoms with Crippen LogP contribution in [0.3, 0.4) is 0 Å². The lowest BCUT2D eigenvalue weighted by Gasteiger charge is -2.26. The van der Waals surface area contributed by atoms with Crippen LogP contribution in [0.25, 0.3) is 50.2 Å². The maximum absolute atomic E-state index is 16.5. The van der Waals surface area contributed by atoms with Crippen LogP contribution in [0.15, 0.2) is 71.4 Å². The van der Waals surface area contributed by atoms with Gasteiger partial charge in [-0.25, -0.2) is 0 Å². The van der Waals surface area contributed by atoms with E-state index in [2.05, 4.69) is 0 Å². The summed E-state index contributed by atoms with van der Waals surface area (Å²) in [5, 5.41) is 3.65. The van der Waals surface area contributed by atoms with E-state index in [1.165, 1.54) is 57.5 Å². The second-order valence-corrected chi connectivity index (χ2v) is 20.1. The molecule has 0 amide bonds. The third kappa shape index (κ3) is 5.65. The molecule has 1 aliphatic carbocycles. The zero-order chi connectivity index (χ0) is 35.3. The van der Waals surface area contributed by atoms with E-state index in [1.54, 1.807) is 36.4 Å². The summed E-state index contributed by atoms with van der Waals surface area (Å²) >= 11 is 7.76. The highest BCUT2D eigenvalue weighted by Crippen LogP contribution is 2.67. The monoisotopic (exact) mass is 780 g/mol. The summed E-state index contributed by atoms with van der Waals surface area (Å²) in [6, 6.07) is 17.3. The molecule has 0 aromatic carbocycles. The van der Waals surface area contributed by atoms with E-state index in [9.17, 15) is 0 Å². The Balaban J connectivity index is 1.57. The highest BCUT2D eigenvalue weighted by Gasteiger charge is 2.80. The first kappa shape index (κ1) is 34.9. The van der Waals surface area contributed by atoms with E-state index >= 15 is 26.3 Å². The van der Waals surface area contributed by atoms with Crippen molar-refractivity contribution in [3.05, 3.63) is 92.3 Å². The maximum atomic E-state index is 16.5. The van der Waals surface area contributed by atoms with Gasteiger partial charge in [0.1, 0.15) is 0 Å². The average molecular weight is 781 g/mol. The molecule has 0 atom stereocenters. The molecule has 1 aliphatic rings. The topological polar surface area (TPSA) is 0 Å². The second-order valence-electron chi connectivity index (χ2n) is 14.0. The van der Waals surface area contributed by atoms with Gasteiger partial charge in [0.25, 0.3) is 0 Å². The molecule has 0 saturated carbocycles. The Morgan fingerprint density at radius 3 is 1.16 bits per heavy atom. The maximum Gasteiger partial charge on any atom is 0.380 e. The average Bonchev–Trinajstić information content (AvgIpc) is 3.86. The minimum atomic E-state index is -5.67. The fraction of sp³-hybridized carbons (Fsp3) is 0.297. The second kappa shape index (κ2) is 11.8. The third-order valence-electron chi connectivity index (χ3n) is 8.34. The summed E-state index contributed by atoms with van der Waals surface area (Å²) < 4.78 is 97.4. The number of rotatable bonds is 6. The quantitative estimate of drug-likeness (QED) is 0.148. The predicted molar refractivity (Wildman–Crippen MR) is 201 cm³/mol. The molecular weight excluding hydrogens is 751 g/mol. The Kier molecular flexibility index (Phi) is 8.40. The van der Waals surface area contributed by atoms with Crippen LogP contribution in [-0.2, 0) is 10.8 Å². The van der Waals surface area contributed by atoms with Crippen LogP contribution in [0.1, 0.15) is 62.4 Å². The van der Waals surface area contributed by atoms with Gasteiger partial charge in [0.15, 0.2) is 0 Å². The summed E-state index contributed by atoms with van der Waals surface area (Å²) in [7, 11) is 0. The van der Waals surface area contributed by atoms with Gasteiger partial charge >= 0.3 is 17.8 Å². The van der Waals surface area contributed by atoms with Crippen LogP contribution in [0.5, 0.6) is 0 Å². The molecule has 49 heavy (non-hydrogen) atoms. The van der Waals surface area contributed by atoms with E-state index in [1.807, 2.05) is 64.4 Å². The Bertz CT molecular complexity index is 2020. The SMILES string of the molecule is CC(C)(C)c1ccc(-c2sc(-c3cccs3)cc2C2=C(c3cc(-c4cccs4)sc3-c3ccc(C(C)(C)C)s3)C(F)(F)C(F)(F)C2(F)F)s1. The lowest BCUT2D eigenvalue weighted by Crippen LogP contribution is -2.48. The summed E-state index contributed by atoms with van der Waals surface area (Å²) in [5.41, 5.74) is -3.74. The van der Waals surface area contributed by atoms with Crippen LogP contribution in [0, 0.1) is 0 Å². The summed E-state index contributed by atoms with van der Waals surface area (Å²) in [4.78, 5) is 6.13. The number of hydrogen-bond donors (Lipinski definition) is 0. The molecule has 12 heteroatoms. The summed E-state index contributed by atoms with van der Waals surface area (Å²) in [6.45, 7) is 12.1. The van der Waals surface area contributed by atoms with Crippen molar-refractivity contribution in [3.63, 3.8) is 0 Å². The molecule has 0 spiro atoms. The molecule has 0 radical (unpaired) electrons.